The number of carbonyl (C=O) groups is 1. The Morgan fingerprint density at radius 2 is 1.93 bits per heavy atom. The van der Waals surface area contributed by atoms with Crippen LogP contribution in [0.3, 0.4) is 0 Å². The van der Waals surface area contributed by atoms with Crippen LogP contribution in [0.2, 0.25) is 0 Å². The first-order chi connectivity index (χ1) is 6.63. The number of benzene rings is 1. The summed E-state index contributed by atoms with van der Waals surface area (Å²) in [6.45, 7) is 0. The molecule has 0 fully saturated rings. The van der Waals surface area contributed by atoms with Crippen LogP contribution >= 0.6 is 0 Å². The van der Waals surface area contributed by atoms with Crippen molar-refractivity contribution < 1.29 is 19.7 Å². The molecule has 1 unspecified atom stereocenters. The number of carboxylic acids is 1. The third-order valence-electron chi connectivity index (χ3n) is 1.92. The third-order valence-corrected chi connectivity index (χ3v) is 1.92. The van der Waals surface area contributed by atoms with Crippen LogP contribution in [-0.2, 0) is 16.0 Å². The molecule has 4 nitrogen and oxygen atoms in total. The van der Waals surface area contributed by atoms with Crippen molar-refractivity contribution in [3.63, 3.8) is 0 Å². The molecular weight excluding hydrogens is 272 g/mol. The standard InChI is InChI=1S/C10H12O4.Sr.2H/c1-14-9(10(12)13)6-7-2-4-8(11)5-3-7;;;/h2-5,9,11H,6H2,1H3,(H,12,13);;;. The summed E-state index contributed by atoms with van der Waals surface area (Å²) in [5.74, 6) is -0.821. The van der Waals surface area contributed by atoms with Gasteiger partial charge in [0.05, 0.1) is 0 Å². The maximum atomic E-state index is 10.6. The van der Waals surface area contributed by atoms with Crippen molar-refractivity contribution in [2.24, 2.45) is 0 Å². The van der Waals surface area contributed by atoms with Crippen molar-refractivity contribution in [3.05, 3.63) is 29.8 Å². The van der Waals surface area contributed by atoms with E-state index in [1.54, 1.807) is 12.1 Å². The molecule has 0 radical (unpaired) electrons. The molecular formula is C10H14O4Sr. The van der Waals surface area contributed by atoms with Gasteiger partial charge in [-0.1, -0.05) is 12.1 Å². The summed E-state index contributed by atoms with van der Waals surface area (Å²) in [6.07, 6.45) is -0.536. The van der Waals surface area contributed by atoms with Gasteiger partial charge in [-0.3, -0.25) is 0 Å². The quantitative estimate of drug-likeness (QED) is 0.771. The first kappa shape index (κ1) is 14.9. The van der Waals surface area contributed by atoms with E-state index in [1.807, 2.05) is 0 Å². The minimum absolute atomic E-state index is 0. The summed E-state index contributed by atoms with van der Waals surface area (Å²) in [4.78, 5) is 10.6. The molecule has 1 rings (SSSR count). The molecule has 1 aromatic rings. The molecule has 2 N–H and O–H groups in total. The molecule has 1 aromatic carbocycles. The fourth-order valence-corrected chi connectivity index (χ4v) is 1.12. The van der Waals surface area contributed by atoms with Crippen molar-refractivity contribution in [3.8, 4) is 5.75 Å². The summed E-state index contributed by atoms with van der Waals surface area (Å²) in [5.41, 5.74) is 0.817. The molecule has 5 heteroatoms. The summed E-state index contributed by atoms with van der Waals surface area (Å²) < 4.78 is 4.78. The fourth-order valence-electron chi connectivity index (χ4n) is 1.12. The number of methoxy groups -OCH3 is 1. The summed E-state index contributed by atoms with van der Waals surface area (Å²) in [7, 11) is 1.36. The topological polar surface area (TPSA) is 66.8 Å². The molecule has 0 aliphatic rings. The average molecular weight is 286 g/mol. The Bertz CT molecular complexity index is 310. The molecule has 0 amide bonds. The second-order valence-electron chi connectivity index (χ2n) is 2.93. The number of carboxylic acid groups (broad SMARTS) is 1. The van der Waals surface area contributed by atoms with E-state index in [1.165, 1.54) is 19.2 Å². The SMILES string of the molecule is COC(Cc1ccc(O)cc1)C(=O)O.[SrH2]. The normalized spacial score (nSPS) is 11.5. The zero-order valence-corrected chi connectivity index (χ0v) is 7.80. The fraction of sp³-hybridized carbons (Fsp3) is 0.300. The van der Waals surface area contributed by atoms with Crippen LogP contribution in [0.25, 0.3) is 0 Å². The van der Waals surface area contributed by atoms with Crippen molar-refractivity contribution in [2.75, 3.05) is 7.11 Å². The maximum absolute atomic E-state index is 10.6. The van der Waals surface area contributed by atoms with Gasteiger partial charge < -0.3 is 14.9 Å². The van der Waals surface area contributed by atoms with Gasteiger partial charge in [0, 0.05) is 13.5 Å². The molecule has 0 aliphatic carbocycles. The van der Waals surface area contributed by atoms with Gasteiger partial charge in [0.2, 0.25) is 0 Å². The van der Waals surface area contributed by atoms with Gasteiger partial charge >= 0.3 is 51.5 Å². The van der Waals surface area contributed by atoms with Crippen LogP contribution in [0.5, 0.6) is 5.75 Å². The van der Waals surface area contributed by atoms with E-state index in [0.717, 1.165) is 5.56 Å². The molecule has 1 atom stereocenters. The Hall–Kier alpha value is -0.0695. The van der Waals surface area contributed by atoms with Gasteiger partial charge in [-0.25, -0.2) is 4.79 Å². The molecule has 0 aliphatic heterocycles. The Balaban J connectivity index is 0.00000196. The van der Waals surface area contributed by atoms with Gasteiger partial charge in [-0.2, -0.15) is 0 Å². The molecule has 0 saturated carbocycles. The van der Waals surface area contributed by atoms with E-state index < -0.39 is 12.1 Å². The number of phenols is 1. The van der Waals surface area contributed by atoms with Crippen LogP contribution in [0.15, 0.2) is 24.3 Å². The van der Waals surface area contributed by atoms with E-state index in [9.17, 15) is 4.79 Å². The Morgan fingerprint density at radius 1 is 1.40 bits per heavy atom. The summed E-state index contributed by atoms with van der Waals surface area (Å²) in [5, 5.41) is 17.7. The minimum atomic E-state index is -0.986. The molecule has 0 heterocycles. The number of ether oxygens (including phenoxy) is 1. The zero-order valence-electron chi connectivity index (χ0n) is 7.80. The Morgan fingerprint density at radius 3 is 2.33 bits per heavy atom. The van der Waals surface area contributed by atoms with Gasteiger partial charge in [-0.05, 0) is 17.7 Å². The van der Waals surface area contributed by atoms with E-state index >= 15 is 0 Å². The van der Waals surface area contributed by atoms with Crippen LogP contribution in [-0.4, -0.2) is 74.9 Å². The first-order valence-electron chi connectivity index (χ1n) is 4.17. The monoisotopic (exact) mass is 286 g/mol. The molecule has 15 heavy (non-hydrogen) atoms. The van der Waals surface area contributed by atoms with E-state index in [4.69, 9.17) is 14.9 Å². The van der Waals surface area contributed by atoms with Crippen LogP contribution in [0, 0.1) is 0 Å². The molecule has 0 aromatic heterocycles. The molecule has 0 saturated heterocycles. The number of aromatic hydroxyl groups is 1. The molecule has 80 valence electrons. The first-order valence-corrected chi connectivity index (χ1v) is 4.17. The van der Waals surface area contributed by atoms with E-state index in [2.05, 4.69) is 0 Å². The average Bonchev–Trinajstić information content (AvgIpc) is 2.16. The van der Waals surface area contributed by atoms with Gasteiger partial charge in [0.15, 0.2) is 6.10 Å². The number of aliphatic carboxylic acids is 1. The number of rotatable bonds is 4. The van der Waals surface area contributed by atoms with Crippen molar-refractivity contribution in [2.45, 2.75) is 12.5 Å². The van der Waals surface area contributed by atoms with Crippen LogP contribution in [0.4, 0.5) is 0 Å². The van der Waals surface area contributed by atoms with Crippen LogP contribution < -0.4 is 0 Å². The predicted molar refractivity (Wildman–Crippen MR) is 58.8 cm³/mol. The van der Waals surface area contributed by atoms with Gasteiger partial charge in [-0.15, -0.1) is 0 Å². The number of phenolic OH excluding ortho intramolecular Hbond substituents is 1. The third kappa shape index (κ3) is 4.99. The zero-order chi connectivity index (χ0) is 10.6. The summed E-state index contributed by atoms with van der Waals surface area (Å²) >= 11 is 0. The Labute approximate surface area is 125 Å². The summed E-state index contributed by atoms with van der Waals surface area (Å²) in [6, 6.07) is 6.38. The van der Waals surface area contributed by atoms with Gasteiger partial charge in [0.25, 0.3) is 0 Å². The van der Waals surface area contributed by atoms with Crippen molar-refractivity contribution in [1.29, 1.82) is 0 Å². The Kier molecular flexibility index (Phi) is 7.21. The van der Waals surface area contributed by atoms with Crippen molar-refractivity contribution in [1.82, 2.24) is 0 Å². The second-order valence-corrected chi connectivity index (χ2v) is 2.93. The van der Waals surface area contributed by atoms with Crippen molar-refractivity contribution >= 4 is 51.5 Å². The molecule has 0 bridgehead atoms. The predicted octanol–water partition coefficient (Wildman–Crippen LogP) is 0.118. The van der Waals surface area contributed by atoms with Crippen LogP contribution in [0.1, 0.15) is 5.56 Å². The van der Waals surface area contributed by atoms with E-state index in [-0.39, 0.29) is 51.2 Å². The van der Waals surface area contributed by atoms with Gasteiger partial charge in [0.1, 0.15) is 5.75 Å². The molecule has 0 spiro atoms. The number of hydrogen-bond acceptors (Lipinski definition) is 3. The van der Waals surface area contributed by atoms with E-state index in [0.29, 0.717) is 6.42 Å². The number of hydrogen-bond donors (Lipinski definition) is 2. The second kappa shape index (κ2) is 7.24.